The lowest BCUT2D eigenvalue weighted by Crippen LogP contribution is -2.54. The van der Waals surface area contributed by atoms with E-state index in [9.17, 15) is 14.4 Å². The number of amides is 2. The molecule has 0 heterocycles. The molecule has 4 aliphatic carbocycles. The van der Waals surface area contributed by atoms with Crippen molar-refractivity contribution < 1.29 is 23.9 Å². The molecule has 4 aliphatic rings. The van der Waals surface area contributed by atoms with Crippen molar-refractivity contribution in [2.75, 3.05) is 13.7 Å². The number of hydrogen-bond donors (Lipinski definition) is 2. The van der Waals surface area contributed by atoms with Crippen LogP contribution in [-0.4, -0.2) is 37.5 Å². The van der Waals surface area contributed by atoms with Crippen molar-refractivity contribution in [1.82, 2.24) is 10.6 Å². The van der Waals surface area contributed by atoms with Crippen molar-refractivity contribution in [2.24, 2.45) is 23.2 Å². The predicted octanol–water partition coefficient (Wildman–Crippen LogP) is 2.58. The average Bonchev–Trinajstić information content (AvgIpc) is 2.75. The Hall–Kier alpha value is -2.57. The Kier molecular flexibility index (Phi) is 6.21. The minimum Gasteiger partial charge on any atom is -0.497 e. The van der Waals surface area contributed by atoms with Crippen LogP contribution >= 0.6 is 0 Å². The number of hydrogen-bond acceptors (Lipinski definition) is 5. The van der Waals surface area contributed by atoms with Crippen molar-refractivity contribution in [3.05, 3.63) is 29.8 Å². The van der Waals surface area contributed by atoms with Gasteiger partial charge in [-0.15, -0.1) is 0 Å². The smallest absolute Gasteiger partial charge is 0.326 e. The van der Waals surface area contributed by atoms with Crippen LogP contribution in [0.1, 0.15) is 51.0 Å². The molecule has 0 radical (unpaired) electrons. The number of nitrogens with one attached hydrogen (secondary N) is 2. The van der Waals surface area contributed by atoms with Crippen LogP contribution in [0.15, 0.2) is 24.3 Å². The van der Waals surface area contributed by atoms with Crippen LogP contribution in [0.25, 0.3) is 0 Å². The van der Waals surface area contributed by atoms with Crippen molar-refractivity contribution >= 4 is 17.8 Å². The van der Waals surface area contributed by atoms with E-state index in [1.165, 1.54) is 26.2 Å². The van der Waals surface area contributed by atoms with Gasteiger partial charge in [0, 0.05) is 12.0 Å². The standard InChI is InChI=1S/C24H32N2O5/c1-15(22(28)25-13-16-3-5-20(30-2)6-4-16)31-21(27)14-26-23(29)24-10-17-7-18(11-24)9-19(8-17)12-24/h3-6,15,17-19H,7-14H2,1-2H3,(H,25,28)(H,26,29)/t15-,17?,18?,19?,24?/m1/s1. The van der Waals surface area contributed by atoms with Crippen LogP contribution in [0.3, 0.4) is 0 Å². The predicted molar refractivity (Wildman–Crippen MR) is 114 cm³/mol. The first-order valence-corrected chi connectivity index (χ1v) is 11.3. The van der Waals surface area contributed by atoms with E-state index in [1.54, 1.807) is 7.11 Å². The molecule has 5 rings (SSSR count). The molecule has 0 unspecified atom stereocenters. The molecule has 0 spiro atoms. The highest BCUT2D eigenvalue weighted by Crippen LogP contribution is 2.60. The number of carbonyl (C=O) groups excluding carboxylic acids is 3. The fraction of sp³-hybridized carbons (Fsp3) is 0.625. The van der Waals surface area contributed by atoms with E-state index in [2.05, 4.69) is 10.6 Å². The number of rotatable bonds is 8. The van der Waals surface area contributed by atoms with Gasteiger partial charge in [-0.2, -0.15) is 0 Å². The quantitative estimate of drug-likeness (QED) is 0.621. The maximum atomic E-state index is 12.9. The molecule has 2 N–H and O–H groups in total. The zero-order valence-electron chi connectivity index (χ0n) is 18.3. The second-order valence-electron chi connectivity index (χ2n) is 9.58. The molecule has 7 nitrogen and oxygen atoms in total. The summed E-state index contributed by atoms with van der Waals surface area (Å²) in [6.45, 7) is 1.66. The molecular weight excluding hydrogens is 396 g/mol. The van der Waals surface area contributed by atoms with Gasteiger partial charge in [0.25, 0.3) is 5.91 Å². The SMILES string of the molecule is COc1ccc(CNC(=O)[C@@H](C)OC(=O)CNC(=O)C23CC4CC(CC(C4)C2)C3)cc1. The highest BCUT2D eigenvalue weighted by atomic mass is 16.5. The Morgan fingerprint density at radius 3 is 2.13 bits per heavy atom. The summed E-state index contributed by atoms with van der Waals surface area (Å²) in [7, 11) is 1.60. The van der Waals surface area contributed by atoms with Gasteiger partial charge in [-0.25, -0.2) is 0 Å². The molecule has 0 saturated heterocycles. The summed E-state index contributed by atoms with van der Waals surface area (Å²) in [5.41, 5.74) is 0.617. The van der Waals surface area contributed by atoms with Gasteiger partial charge < -0.3 is 20.1 Å². The summed E-state index contributed by atoms with van der Waals surface area (Å²) >= 11 is 0. The van der Waals surface area contributed by atoms with E-state index < -0.39 is 12.1 Å². The first-order chi connectivity index (χ1) is 14.9. The second kappa shape index (κ2) is 8.89. The Morgan fingerprint density at radius 2 is 1.58 bits per heavy atom. The third-order valence-electron chi connectivity index (χ3n) is 7.22. The third kappa shape index (κ3) is 4.86. The van der Waals surface area contributed by atoms with Gasteiger partial charge in [0.15, 0.2) is 6.10 Å². The van der Waals surface area contributed by atoms with Gasteiger partial charge in [0.05, 0.1) is 7.11 Å². The lowest BCUT2D eigenvalue weighted by molar-refractivity contribution is -0.156. The molecule has 1 aromatic rings. The van der Waals surface area contributed by atoms with Gasteiger partial charge in [-0.1, -0.05) is 12.1 Å². The molecule has 2 amide bonds. The summed E-state index contributed by atoms with van der Waals surface area (Å²) in [6.07, 6.45) is 5.70. The van der Waals surface area contributed by atoms with Crippen LogP contribution in [0.2, 0.25) is 0 Å². The highest BCUT2D eigenvalue weighted by Gasteiger charge is 2.54. The third-order valence-corrected chi connectivity index (χ3v) is 7.22. The lowest BCUT2D eigenvalue weighted by atomic mass is 9.49. The molecule has 7 heteroatoms. The maximum Gasteiger partial charge on any atom is 0.326 e. The molecule has 0 aliphatic heterocycles. The molecule has 168 valence electrons. The Bertz CT molecular complexity index is 800. The fourth-order valence-corrected chi connectivity index (χ4v) is 6.10. The van der Waals surface area contributed by atoms with E-state index in [4.69, 9.17) is 9.47 Å². The first-order valence-electron chi connectivity index (χ1n) is 11.3. The summed E-state index contributed by atoms with van der Waals surface area (Å²) < 4.78 is 10.3. The minimum atomic E-state index is -0.929. The van der Waals surface area contributed by atoms with Gasteiger partial charge in [-0.05, 0) is 80.9 Å². The molecule has 1 aromatic carbocycles. The molecule has 0 aromatic heterocycles. The summed E-state index contributed by atoms with van der Waals surface area (Å²) in [6, 6.07) is 7.35. The normalized spacial score (nSPS) is 29.2. The van der Waals surface area contributed by atoms with Crippen molar-refractivity contribution in [3.8, 4) is 5.75 Å². The van der Waals surface area contributed by atoms with E-state index in [0.717, 1.165) is 30.6 Å². The minimum absolute atomic E-state index is 0.0137. The van der Waals surface area contributed by atoms with Gasteiger partial charge in [-0.3, -0.25) is 14.4 Å². The zero-order chi connectivity index (χ0) is 22.0. The monoisotopic (exact) mass is 428 g/mol. The van der Waals surface area contributed by atoms with Crippen molar-refractivity contribution in [2.45, 2.75) is 58.1 Å². The maximum absolute atomic E-state index is 12.9. The van der Waals surface area contributed by atoms with Crippen LogP contribution in [-0.2, 0) is 25.7 Å². The molecule has 4 saturated carbocycles. The van der Waals surface area contributed by atoms with Gasteiger partial charge in [0.2, 0.25) is 5.91 Å². The van der Waals surface area contributed by atoms with Gasteiger partial charge >= 0.3 is 5.97 Å². The van der Waals surface area contributed by atoms with Crippen LogP contribution in [0.5, 0.6) is 5.75 Å². The van der Waals surface area contributed by atoms with E-state index in [-0.39, 0.29) is 23.8 Å². The number of ether oxygens (including phenoxy) is 2. The molecule has 4 bridgehead atoms. The zero-order valence-corrected chi connectivity index (χ0v) is 18.3. The summed E-state index contributed by atoms with van der Waals surface area (Å²) in [5.74, 6) is 1.75. The van der Waals surface area contributed by atoms with Crippen LogP contribution < -0.4 is 15.4 Å². The molecule has 31 heavy (non-hydrogen) atoms. The second-order valence-corrected chi connectivity index (χ2v) is 9.58. The van der Waals surface area contributed by atoms with E-state index >= 15 is 0 Å². The lowest BCUT2D eigenvalue weighted by Gasteiger charge is -2.55. The number of esters is 1. The molecule has 4 fully saturated rings. The van der Waals surface area contributed by atoms with Crippen molar-refractivity contribution in [1.29, 1.82) is 0 Å². The Labute approximate surface area is 183 Å². The molecule has 1 atom stereocenters. The van der Waals surface area contributed by atoms with Crippen LogP contribution in [0.4, 0.5) is 0 Å². The molecular formula is C24H32N2O5. The van der Waals surface area contributed by atoms with E-state index in [1.807, 2.05) is 24.3 Å². The largest absolute Gasteiger partial charge is 0.497 e. The highest BCUT2D eigenvalue weighted by molar-refractivity contribution is 5.88. The topological polar surface area (TPSA) is 93.7 Å². The average molecular weight is 429 g/mol. The number of carbonyl (C=O) groups is 3. The first kappa shape index (κ1) is 21.7. The number of benzene rings is 1. The Morgan fingerprint density at radius 1 is 1.00 bits per heavy atom. The van der Waals surface area contributed by atoms with Gasteiger partial charge in [0.1, 0.15) is 12.3 Å². The van der Waals surface area contributed by atoms with Crippen molar-refractivity contribution in [3.63, 3.8) is 0 Å². The fourth-order valence-electron chi connectivity index (χ4n) is 6.10. The number of methoxy groups -OCH3 is 1. The van der Waals surface area contributed by atoms with Crippen LogP contribution in [0, 0.1) is 23.2 Å². The Balaban J connectivity index is 1.20. The summed E-state index contributed by atoms with van der Waals surface area (Å²) in [4.78, 5) is 37.4. The summed E-state index contributed by atoms with van der Waals surface area (Å²) in [5, 5.41) is 5.55. The van der Waals surface area contributed by atoms with E-state index in [0.29, 0.717) is 24.3 Å².